The van der Waals surface area contributed by atoms with Gasteiger partial charge in [-0.1, -0.05) is 42.5 Å². The molecule has 3 rings (SSSR count). The molecule has 156 valence electrons. The normalized spacial score (nSPS) is 20.3. The number of guanidine groups is 1. The molecule has 0 radical (unpaired) electrons. The van der Waals surface area contributed by atoms with Crippen molar-refractivity contribution in [3.05, 3.63) is 65.7 Å². The van der Waals surface area contributed by atoms with Crippen LogP contribution < -0.4 is 15.4 Å². The van der Waals surface area contributed by atoms with E-state index in [4.69, 9.17) is 4.74 Å². The summed E-state index contributed by atoms with van der Waals surface area (Å²) in [6.07, 6.45) is 3.20. The van der Waals surface area contributed by atoms with Gasteiger partial charge in [0.15, 0.2) is 5.96 Å². The van der Waals surface area contributed by atoms with Gasteiger partial charge >= 0.3 is 0 Å². The fourth-order valence-electron chi connectivity index (χ4n) is 3.95. The standard InChI is InChI=1S/C24H34N4O/c1-19-16-22(13-15-28(19)18-21-8-5-4-6-9-21)27-24(25-2)26-14-12-20-10-7-11-23(17-20)29-3/h4-11,17,19,22H,12-16,18H2,1-3H3,(H2,25,26,27). The van der Waals surface area contributed by atoms with E-state index in [-0.39, 0.29) is 0 Å². The molecule has 0 aliphatic carbocycles. The second kappa shape index (κ2) is 10.9. The van der Waals surface area contributed by atoms with Gasteiger partial charge in [-0.2, -0.15) is 0 Å². The van der Waals surface area contributed by atoms with Gasteiger partial charge in [0.05, 0.1) is 7.11 Å². The highest BCUT2D eigenvalue weighted by atomic mass is 16.5. The van der Waals surface area contributed by atoms with Crippen LogP contribution in [0.4, 0.5) is 0 Å². The first-order chi connectivity index (χ1) is 14.2. The fraction of sp³-hybridized carbons (Fsp3) is 0.458. The second-order valence-corrected chi connectivity index (χ2v) is 7.77. The van der Waals surface area contributed by atoms with Gasteiger partial charge in [0.1, 0.15) is 5.75 Å². The van der Waals surface area contributed by atoms with Gasteiger partial charge in [-0.15, -0.1) is 0 Å². The molecule has 1 saturated heterocycles. The van der Waals surface area contributed by atoms with Crippen LogP contribution in [0.2, 0.25) is 0 Å². The topological polar surface area (TPSA) is 48.9 Å². The van der Waals surface area contributed by atoms with E-state index in [1.165, 1.54) is 11.1 Å². The minimum atomic E-state index is 0.458. The van der Waals surface area contributed by atoms with Crippen LogP contribution in [-0.4, -0.2) is 50.2 Å². The van der Waals surface area contributed by atoms with E-state index >= 15 is 0 Å². The summed E-state index contributed by atoms with van der Waals surface area (Å²) >= 11 is 0. The van der Waals surface area contributed by atoms with Crippen molar-refractivity contribution in [3.8, 4) is 5.75 Å². The molecular formula is C24H34N4O. The molecule has 2 atom stereocenters. The van der Waals surface area contributed by atoms with Gasteiger partial charge in [0.2, 0.25) is 0 Å². The molecule has 2 unspecified atom stereocenters. The van der Waals surface area contributed by atoms with Gasteiger partial charge in [-0.25, -0.2) is 0 Å². The second-order valence-electron chi connectivity index (χ2n) is 7.77. The molecule has 2 aromatic carbocycles. The molecule has 5 nitrogen and oxygen atoms in total. The average molecular weight is 395 g/mol. The number of nitrogens with zero attached hydrogens (tertiary/aromatic N) is 2. The molecule has 0 amide bonds. The Labute approximate surface area is 175 Å². The van der Waals surface area contributed by atoms with Gasteiger partial charge in [-0.3, -0.25) is 9.89 Å². The maximum atomic E-state index is 5.30. The number of ether oxygens (including phenoxy) is 1. The van der Waals surface area contributed by atoms with Crippen molar-refractivity contribution in [2.24, 2.45) is 4.99 Å². The molecule has 5 heteroatoms. The molecule has 1 aliphatic rings. The SMILES string of the molecule is CN=C(NCCc1cccc(OC)c1)NC1CCN(Cc2ccccc2)C(C)C1. The number of rotatable bonds is 7. The van der Waals surface area contributed by atoms with Gasteiger partial charge in [-0.05, 0) is 49.4 Å². The first-order valence-corrected chi connectivity index (χ1v) is 10.6. The van der Waals surface area contributed by atoms with Crippen LogP contribution in [0.5, 0.6) is 5.75 Å². The molecule has 1 aliphatic heterocycles. The van der Waals surface area contributed by atoms with E-state index in [9.17, 15) is 0 Å². The third kappa shape index (κ3) is 6.50. The van der Waals surface area contributed by atoms with Crippen LogP contribution in [0.3, 0.4) is 0 Å². The zero-order chi connectivity index (χ0) is 20.5. The number of hydrogen-bond acceptors (Lipinski definition) is 3. The minimum absolute atomic E-state index is 0.458. The Morgan fingerprint density at radius 1 is 1.14 bits per heavy atom. The molecule has 1 fully saturated rings. The smallest absolute Gasteiger partial charge is 0.191 e. The number of benzene rings is 2. The van der Waals surface area contributed by atoms with Crippen molar-refractivity contribution >= 4 is 5.96 Å². The summed E-state index contributed by atoms with van der Waals surface area (Å²) < 4.78 is 5.30. The van der Waals surface area contributed by atoms with E-state index in [0.717, 1.165) is 50.6 Å². The molecule has 0 aromatic heterocycles. The van der Waals surface area contributed by atoms with Gasteiger partial charge in [0, 0.05) is 38.8 Å². The summed E-state index contributed by atoms with van der Waals surface area (Å²) in [4.78, 5) is 6.99. The summed E-state index contributed by atoms with van der Waals surface area (Å²) in [6.45, 7) is 5.31. The Kier molecular flexibility index (Phi) is 7.94. The Morgan fingerprint density at radius 2 is 1.93 bits per heavy atom. The zero-order valence-corrected chi connectivity index (χ0v) is 17.9. The van der Waals surface area contributed by atoms with Crippen LogP contribution in [0, 0.1) is 0 Å². The predicted molar refractivity (Wildman–Crippen MR) is 121 cm³/mol. The van der Waals surface area contributed by atoms with Crippen molar-refractivity contribution in [1.29, 1.82) is 0 Å². The molecular weight excluding hydrogens is 360 g/mol. The van der Waals surface area contributed by atoms with Crippen molar-refractivity contribution < 1.29 is 4.74 Å². The first-order valence-electron chi connectivity index (χ1n) is 10.6. The maximum absolute atomic E-state index is 5.30. The molecule has 0 spiro atoms. The maximum Gasteiger partial charge on any atom is 0.191 e. The van der Waals surface area contributed by atoms with Crippen LogP contribution in [0.25, 0.3) is 0 Å². The van der Waals surface area contributed by atoms with Crippen LogP contribution in [0.15, 0.2) is 59.6 Å². The number of piperidine rings is 1. The zero-order valence-electron chi connectivity index (χ0n) is 17.9. The number of nitrogens with one attached hydrogen (secondary N) is 2. The number of methoxy groups -OCH3 is 1. The predicted octanol–water partition coefficient (Wildman–Crippen LogP) is 3.46. The molecule has 1 heterocycles. The quantitative estimate of drug-likeness (QED) is 0.558. The molecule has 0 bridgehead atoms. The Bertz CT molecular complexity index is 777. The van der Waals surface area contributed by atoms with E-state index < -0.39 is 0 Å². The Hall–Kier alpha value is -2.53. The average Bonchev–Trinajstić information content (AvgIpc) is 2.76. The van der Waals surface area contributed by atoms with Gasteiger partial charge < -0.3 is 15.4 Å². The molecule has 29 heavy (non-hydrogen) atoms. The lowest BCUT2D eigenvalue weighted by Gasteiger charge is -2.38. The summed E-state index contributed by atoms with van der Waals surface area (Å²) in [7, 11) is 3.55. The third-order valence-corrected chi connectivity index (χ3v) is 5.65. The van der Waals surface area contributed by atoms with E-state index in [1.807, 2.05) is 19.2 Å². The highest BCUT2D eigenvalue weighted by Gasteiger charge is 2.25. The van der Waals surface area contributed by atoms with Crippen molar-refractivity contribution in [2.45, 2.75) is 44.8 Å². The van der Waals surface area contributed by atoms with Crippen molar-refractivity contribution in [3.63, 3.8) is 0 Å². The van der Waals surface area contributed by atoms with Gasteiger partial charge in [0.25, 0.3) is 0 Å². The highest BCUT2D eigenvalue weighted by Crippen LogP contribution is 2.20. The van der Waals surface area contributed by atoms with E-state index in [1.54, 1.807) is 7.11 Å². The lowest BCUT2D eigenvalue weighted by atomic mass is 9.97. The molecule has 2 aromatic rings. The van der Waals surface area contributed by atoms with E-state index in [2.05, 4.69) is 69.9 Å². The van der Waals surface area contributed by atoms with Crippen LogP contribution in [0.1, 0.15) is 30.9 Å². The molecule has 0 saturated carbocycles. The van der Waals surface area contributed by atoms with Crippen molar-refractivity contribution in [2.75, 3.05) is 27.2 Å². The fourth-order valence-corrected chi connectivity index (χ4v) is 3.95. The summed E-state index contributed by atoms with van der Waals surface area (Å²) in [6, 6.07) is 20.0. The van der Waals surface area contributed by atoms with E-state index in [0.29, 0.717) is 12.1 Å². The first kappa shape index (κ1) is 21.2. The van der Waals surface area contributed by atoms with Crippen molar-refractivity contribution in [1.82, 2.24) is 15.5 Å². The number of hydrogen-bond donors (Lipinski definition) is 2. The summed E-state index contributed by atoms with van der Waals surface area (Å²) in [5.74, 6) is 1.79. The number of likely N-dealkylation sites (tertiary alicyclic amines) is 1. The Balaban J connectivity index is 1.43. The largest absolute Gasteiger partial charge is 0.497 e. The highest BCUT2D eigenvalue weighted by molar-refractivity contribution is 5.80. The minimum Gasteiger partial charge on any atom is -0.497 e. The Morgan fingerprint density at radius 3 is 2.66 bits per heavy atom. The molecule has 2 N–H and O–H groups in total. The summed E-state index contributed by atoms with van der Waals surface area (Å²) in [5.41, 5.74) is 2.65. The summed E-state index contributed by atoms with van der Waals surface area (Å²) in [5, 5.41) is 7.07. The lowest BCUT2D eigenvalue weighted by molar-refractivity contribution is 0.134. The van der Waals surface area contributed by atoms with Crippen LogP contribution in [-0.2, 0) is 13.0 Å². The lowest BCUT2D eigenvalue weighted by Crippen LogP contribution is -2.51. The third-order valence-electron chi connectivity index (χ3n) is 5.65. The number of aliphatic imine (C=N–C) groups is 1. The van der Waals surface area contributed by atoms with Crippen LogP contribution >= 0.6 is 0 Å². The monoisotopic (exact) mass is 394 g/mol.